The van der Waals surface area contributed by atoms with E-state index >= 15 is 0 Å². The van der Waals surface area contributed by atoms with Crippen LogP contribution in [0.2, 0.25) is 0 Å². The first-order valence-corrected chi connectivity index (χ1v) is 10.4. The van der Waals surface area contributed by atoms with Crippen LogP contribution in [-0.2, 0) is 9.59 Å². The molecule has 1 aromatic rings. The predicted molar refractivity (Wildman–Crippen MR) is 111 cm³/mol. The maximum Gasteiger partial charge on any atom is 0.247 e. The normalized spacial score (nSPS) is 21.2. The lowest BCUT2D eigenvalue weighted by atomic mass is 9.94. The standard InChI is InChI=1S/C22H33N3O3/c1-15(2)24-12-9-17(10-13-24)22(27)25-11-5-6-19(25)21(26)23-18-14-16(3)7-8-20(18)28-4/h7-8,14-15,17,19H,5-6,9-13H2,1-4H3,(H,23,26). The molecule has 1 N–H and O–H groups in total. The number of rotatable bonds is 5. The maximum absolute atomic E-state index is 13.1. The zero-order valence-corrected chi connectivity index (χ0v) is 17.5. The number of piperidine rings is 1. The summed E-state index contributed by atoms with van der Waals surface area (Å²) >= 11 is 0. The molecular weight excluding hydrogens is 354 g/mol. The molecule has 2 saturated heterocycles. The number of benzene rings is 1. The van der Waals surface area contributed by atoms with Crippen LogP contribution in [0.15, 0.2) is 18.2 Å². The molecule has 0 radical (unpaired) electrons. The number of hydrogen-bond donors (Lipinski definition) is 1. The van der Waals surface area contributed by atoms with Gasteiger partial charge in [-0.05, 0) is 77.2 Å². The van der Waals surface area contributed by atoms with Gasteiger partial charge in [-0.15, -0.1) is 0 Å². The molecule has 3 rings (SSSR count). The van der Waals surface area contributed by atoms with Gasteiger partial charge >= 0.3 is 0 Å². The summed E-state index contributed by atoms with van der Waals surface area (Å²) in [4.78, 5) is 30.3. The van der Waals surface area contributed by atoms with Crippen molar-refractivity contribution < 1.29 is 14.3 Å². The van der Waals surface area contributed by atoms with Crippen LogP contribution < -0.4 is 10.1 Å². The number of methoxy groups -OCH3 is 1. The summed E-state index contributed by atoms with van der Waals surface area (Å²) in [5.74, 6) is 0.708. The van der Waals surface area contributed by atoms with E-state index in [0.717, 1.165) is 44.3 Å². The summed E-state index contributed by atoms with van der Waals surface area (Å²) in [5, 5.41) is 2.99. The molecule has 0 aromatic heterocycles. The molecule has 1 unspecified atom stereocenters. The summed E-state index contributed by atoms with van der Waals surface area (Å²) in [7, 11) is 1.59. The second-order valence-electron chi connectivity index (χ2n) is 8.29. The van der Waals surface area contributed by atoms with Gasteiger partial charge in [-0.1, -0.05) is 6.07 Å². The Kier molecular flexibility index (Phi) is 6.60. The van der Waals surface area contributed by atoms with Gasteiger partial charge in [0, 0.05) is 18.5 Å². The Morgan fingerprint density at radius 3 is 2.50 bits per heavy atom. The summed E-state index contributed by atoms with van der Waals surface area (Å²) in [6.45, 7) is 8.96. The molecule has 0 aliphatic carbocycles. The minimum Gasteiger partial charge on any atom is -0.495 e. The molecule has 6 heteroatoms. The molecule has 28 heavy (non-hydrogen) atoms. The van der Waals surface area contributed by atoms with Crippen molar-refractivity contribution in [2.45, 2.75) is 58.5 Å². The van der Waals surface area contributed by atoms with Gasteiger partial charge in [0.15, 0.2) is 0 Å². The van der Waals surface area contributed by atoms with E-state index in [1.165, 1.54) is 0 Å². The quantitative estimate of drug-likeness (QED) is 0.844. The third kappa shape index (κ3) is 4.49. The summed E-state index contributed by atoms with van der Waals surface area (Å²) in [6, 6.07) is 5.83. The van der Waals surface area contributed by atoms with Gasteiger partial charge < -0.3 is 19.9 Å². The van der Waals surface area contributed by atoms with E-state index in [1.54, 1.807) is 7.11 Å². The van der Waals surface area contributed by atoms with Crippen LogP contribution in [0.25, 0.3) is 0 Å². The third-order valence-electron chi connectivity index (χ3n) is 6.06. The summed E-state index contributed by atoms with van der Waals surface area (Å²) in [6.07, 6.45) is 3.36. The number of likely N-dealkylation sites (tertiary alicyclic amines) is 2. The number of anilines is 1. The van der Waals surface area contributed by atoms with Crippen molar-refractivity contribution in [1.82, 2.24) is 9.80 Å². The highest BCUT2D eigenvalue weighted by Crippen LogP contribution is 2.29. The van der Waals surface area contributed by atoms with E-state index in [-0.39, 0.29) is 23.8 Å². The number of nitrogens with zero attached hydrogens (tertiary/aromatic N) is 2. The molecule has 6 nitrogen and oxygen atoms in total. The zero-order chi connectivity index (χ0) is 20.3. The van der Waals surface area contributed by atoms with Crippen molar-refractivity contribution in [3.8, 4) is 5.75 Å². The Morgan fingerprint density at radius 1 is 1.14 bits per heavy atom. The van der Waals surface area contributed by atoms with Gasteiger partial charge in [0.05, 0.1) is 12.8 Å². The first-order chi connectivity index (χ1) is 13.4. The number of nitrogens with one attached hydrogen (secondary N) is 1. The lowest BCUT2D eigenvalue weighted by Gasteiger charge is -2.36. The van der Waals surface area contributed by atoms with Gasteiger partial charge in [0.1, 0.15) is 11.8 Å². The van der Waals surface area contributed by atoms with Gasteiger partial charge in [0.25, 0.3) is 0 Å². The molecule has 0 spiro atoms. The maximum atomic E-state index is 13.1. The molecule has 154 valence electrons. The number of hydrogen-bond acceptors (Lipinski definition) is 4. The molecule has 2 fully saturated rings. The van der Waals surface area contributed by atoms with E-state index in [0.29, 0.717) is 24.0 Å². The minimum absolute atomic E-state index is 0.0388. The van der Waals surface area contributed by atoms with Crippen molar-refractivity contribution in [3.05, 3.63) is 23.8 Å². The monoisotopic (exact) mass is 387 g/mol. The van der Waals surface area contributed by atoms with Crippen molar-refractivity contribution in [1.29, 1.82) is 0 Å². The average Bonchev–Trinajstić information content (AvgIpc) is 3.17. The fraction of sp³-hybridized carbons (Fsp3) is 0.636. The van der Waals surface area contributed by atoms with Crippen molar-refractivity contribution >= 4 is 17.5 Å². The number of carbonyl (C=O) groups excluding carboxylic acids is 2. The Hall–Kier alpha value is -2.08. The number of amides is 2. The van der Waals surface area contributed by atoms with E-state index in [2.05, 4.69) is 24.1 Å². The van der Waals surface area contributed by atoms with Crippen LogP contribution >= 0.6 is 0 Å². The van der Waals surface area contributed by atoms with Crippen LogP contribution in [0.4, 0.5) is 5.69 Å². The van der Waals surface area contributed by atoms with Gasteiger partial charge in [-0.2, -0.15) is 0 Å². The van der Waals surface area contributed by atoms with Crippen LogP contribution in [-0.4, -0.2) is 60.4 Å². The van der Waals surface area contributed by atoms with Crippen molar-refractivity contribution in [2.75, 3.05) is 32.1 Å². The van der Waals surface area contributed by atoms with Gasteiger partial charge in [-0.25, -0.2) is 0 Å². The van der Waals surface area contributed by atoms with E-state index < -0.39 is 0 Å². The number of ether oxygens (including phenoxy) is 1. The molecule has 2 aliphatic rings. The smallest absolute Gasteiger partial charge is 0.247 e. The van der Waals surface area contributed by atoms with Crippen molar-refractivity contribution in [3.63, 3.8) is 0 Å². The molecule has 1 atom stereocenters. The topological polar surface area (TPSA) is 61.9 Å². The second-order valence-corrected chi connectivity index (χ2v) is 8.29. The van der Waals surface area contributed by atoms with E-state index in [1.807, 2.05) is 30.0 Å². The number of carbonyl (C=O) groups is 2. The Balaban J connectivity index is 1.65. The average molecular weight is 388 g/mol. The first kappa shape index (κ1) is 20.6. The second kappa shape index (κ2) is 8.95. The highest BCUT2D eigenvalue weighted by Gasteiger charge is 2.38. The van der Waals surface area contributed by atoms with E-state index in [4.69, 9.17) is 4.74 Å². The SMILES string of the molecule is COc1ccc(C)cc1NC(=O)C1CCCN1C(=O)C1CCN(C(C)C)CC1. The first-order valence-electron chi connectivity index (χ1n) is 10.4. The van der Waals surface area contributed by atoms with Crippen LogP contribution in [0.1, 0.15) is 45.1 Å². The minimum atomic E-state index is -0.388. The zero-order valence-electron chi connectivity index (χ0n) is 17.5. The summed E-state index contributed by atoms with van der Waals surface area (Å²) < 4.78 is 5.36. The molecular formula is C22H33N3O3. The molecule has 2 aliphatic heterocycles. The molecule has 2 heterocycles. The van der Waals surface area contributed by atoms with Crippen LogP contribution in [0, 0.1) is 12.8 Å². The van der Waals surface area contributed by atoms with Crippen molar-refractivity contribution in [2.24, 2.45) is 5.92 Å². The highest BCUT2D eigenvalue weighted by molar-refractivity contribution is 5.98. The Morgan fingerprint density at radius 2 is 1.86 bits per heavy atom. The lowest BCUT2D eigenvalue weighted by molar-refractivity contribution is -0.141. The van der Waals surface area contributed by atoms with Crippen LogP contribution in [0.3, 0.4) is 0 Å². The third-order valence-corrected chi connectivity index (χ3v) is 6.06. The lowest BCUT2D eigenvalue weighted by Crippen LogP contribution is -2.48. The molecule has 0 saturated carbocycles. The predicted octanol–water partition coefficient (Wildman–Crippen LogP) is 3.05. The van der Waals surface area contributed by atoms with Gasteiger partial charge in [0.2, 0.25) is 11.8 Å². The largest absolute Gasteiger partial charge is 0.495 e. The van der Waals surface area contributed by atoms with E-state index in [9.17, 15) is 9.59 Å². The fourth-order valence-electron chi connectivity index (χ4n) is 4.34. The number of aryl methyl sites for hydroxylation is 1. The summed E-state index contributed by atoms with van der Waals surface area (Å²) in [5.41, 5.74) is 1.71. The highest BCUT2D eigenvalue weighted by atomic mass is 16.5. The van der Waals surface area contributed by atoms with Crippen LogP contribution in [0.5, 0.6) is 5.75 Å². The fourth-order valence-corrected chi connectivity index (χ4v) is 4.34. The molecule has 2 amide bonds. The Labute approximate surface area is 168 Å². The molecule has 0 bridgehead atoms. The Bertz CT molecular complexity index is 711. The molecule has 1 aromatic carbocycles. The van der Waals surface area contributed by atoms with Gasteiger partial charge in [-0.3, -0.25) is 9.59 Å².